The average molecular weight is 443 g/mol. The van der Waals surface area contributed by atoms with E-state index in [0.717, 1.165) is 12.1 Å². The van der Waals surface area contributed by atoms with Crippen LogP contribution in [0.5, 0.6) is 0 Å². The van der Waals surface area contributed by atoms with Crippen LogP contribution in [0.15, 0.2) is 41.8 Å². The minimum atomic E-state index is -4.39. The van der Waals surface area contributed by atoms with E-state index in [1.807, 2.05) is 18.4 Å². The Hall–Kier alpha value is -2.00. The first-order chi connectivity index (χ1) is 13.7. The summed E-state index contributed by atoms with van der Waals surface area (Å²) in [6.07, 6.45) is -4.39. The first kappa shape index (κ1) is 21.7. The van der Waals surface area contributed by atoms with Gasteiger partial charge in [0.25, 0.3) is 5.91 Å². The van der Waals surface area contributed by atoms with Gasteiger partial charge in [0.1, 0.15) is 5.37 Å². The van der Waals surface area contributed by atoms with E-state index in [4.69, 9.17) is 0 Å². The van der Waals surface area contributed by atoms with Crippen molar-refractivity contribution in [3.8, 4) is 0 Å². The number of thioether (sulfide) groups is 1. The Kier molecular flexibility index (Phi) is 6.58. The zero-order chi connectivity index (χ0) is 21.2. The zero-order valence-corrected chi connectivity index (χ0v) is 17.6. The third-order valence-electron chi connectivity index (χ3n) is 4.78. The molecular weight excluding hydrogens is 421 g/mol. The fraction of sp³-hybridized carbons (Fsp3) is 0.400. The van der Waals surface area contributed by atoms with Gasteiger partial charge in [-0.2, -0.15) is 13.2 Å². The minimum Gasteiger partial charge on any atom is -0.336 e. The second-order valence-electron chi connectivity index (χ2n) is 6.64. The molecule has 2 aromatic rings. The lowest BCUT2D eigenvalue weighted by atomic mass is 10.1. The van der Waals surface area contributed by atoms with Crippen LogP contribution in [0.3, 0.4) is 0 Å². The largest absolute Gasteiger partial charge is 0.416 e. The molecule has 0 saturated carbocycles. The van der Waals surface area contributed by atoms with E-state index >= 15 is 0 Å². The molecule has 1 fully saturated rings. The number of thiophene rings is 1. The number of hydrogen-bond donors (Lipinski definition) is 0. The smallest absolute Gasteiger partial charge is 0.336 e. The van der Waals surface area contributed by atoms with Gasteiger partial charge in [-0.25, -0.2) is 0 Å². The highest BCUT2D eigenvalue weighted by atomic mass is 32.2. The van der Waals surface area contributed by atoms with E-state index in [-0.39, 0.29) is 22.4 Å². The predicted molar refractivity (Wildman–Crippen MR) is 109 cm³/mol. The number of carbonyl (C=O) groups excluding carboxylic acids is 2. The van der Waals surface area contributed by atoms with Crippen molar-refractivity contribution >= 4 is 34.9 Å². The van der Waals surface area contributed by atoms with Crippen molar-refractivity contribution in [3.63, 3.8) is 0 Å². The number of carbonyl (C=O) groups is 2. The Balaban J connectivity index is 1.73. The van der Waals surface area contributed by atoms with Crippen molar-refractivity contribution in [2.45, 2.75) is 30.6 Å². The maximum absolute atomic E-state index is 12.8. The fourth-order valence-electron chi connectivity index (χ4n) is 3.18. The second-order valence-corrected chi connectivity index (χ2v) is 9.02. The molecule has 0 aliphatic carbocycles. The van der Waals surface area contributed by atoms with E-state index < -0.39 is 11.7 Å². The lowest BCUT2D eigenvalue weighted by Crippen LogP contribution is -2.40. The molecular formula is C20H21F3N2O2S2. The Morgan fingerprint density at radius 2 is 1.90 bits per heavy atom. The number of likely N-dealkylation sites (N-methyl/N-ethyl adjacent to an activating group) is 1. The molecule has 156 valence electrons. The summed E-state index contributed by atoms with van der Waals surface area (Å²) in [5.41, 5.74) is -0.0674. The zero-order valence-electron chi connectivity index (χ0n) is 16.0. The van der Waals surface area contributed by atoms with E-state index in [9.17, 15) is 22.8 Å². The molecule has 1 saturated heterocycles. The number of hydrogen-bond acceptors (Lipinski definition) is 4. The molecule has 0 radical (unpaired) electrons. The molecule has 9 heteroatoms. The molecule has 1 aromatic heterocycles. The van der Waals surface area contributed by atoms with Gasteiger partial charge in [-0.3, -0.25) is 9.59 Å². The van der Waals surface area contributed by atoms with Crippen LogP contribution in [0.2, 0.25) is 0 Å². The maximum atomic E-state index is 12.8. The molecule has 3 rings (SSSR count). The van der Waals surface area contributed by atoms with Crippen LogP contribution >= 0.6 is 23.1 Å². The number of nitrogens with zero attached hydrogens (tertiary/aromatic N) is 2. The molecule has 2 atom stereocenters. The average Bonchev–Trinajstić information content (AvgIpc) is 3.31. The van der Waals surface area contributed by atoms with Gasteiger partial charge in [0.05, 0.1) is 15.7 Å². The number of rotatable bonds is 6. The summed E-state index contributed by atoms with van der Waals surface area (Å²) in [5, 5.41) is 1.19. The highest BCUT2D eigenvalue weighted by Gasteiger charge is 2.39. The lowest BCUT2D eigenvalue weighted by Gasteiger charge is -2.28. The molecule has 0 spiro atoms. The van der Waals surface area contributed by atoms with E-state index in [1.165, 1.54) is 35.2 Å². The quantitative estimate of drug-likeness (QED) is 0.640. The molecule has 1 aliphatic rings. The first-order valence-corrected chi connectivity index (χ1v) is 11.0. The Labute approximate surface area is 175 Å². The summed E-state index contributed by atoms with van der Waals surface area (Å²) in [5.74, 6) is -0.152. The third-order valence-corrected chi connectivity index (χ3v) is 7.03. The number of benzene rings is 1. The molecule has 0 bridgehead atoms. The Morgan fingerprint density at radius 3 is 2.45 bits per heavy atom. The van der Waals surface area contributed by atoms with Crippen molar-refractivity contribution in [2.75, 3.05) is 19.6 Å². The van der Waals surface area contributed by atoms with Crippen molar-refractivity contribution in [1.29, 1.82) is 0 Å². The number of alkyl halides is 3. The van der Waals surface area contributed by atoms with Crippen molar-refractivity contribution in [2.24, 2.45) is 0 Å². The minimum absolute atomic E-state index is 0.0699. The molecule has 0 N–H and O–H groups in total. The monoisotopic (exact) mass is 442 g/mol. The Bertz CT molecular complexity index is 854. The van der Waals surface area contributed by atoms with E-state index in [2.05, 4.69) is 0 Å². The summed E-state index contributed by atoms with van der Waals surface area (Å²) in [6, 6.07) is 8.51. The molecule has 1 aromatic carbocycles. The van der Waals surface area contributed by atoms with Crippen LogP contribution < -0.4 is 0 Å². The van der Waals surface area contributed by atoms with Crippen LogP contribution in [0.25, 0.3) is 0 Å². The highest BCUT2D eigenvalue weighted by Crippen LogP contribution is 2.43. The van der Waals surface area contributed by atoms with Crippen molar-refractivity contribution in [1.82, 2.24) is 9.80 Å². The van der Waals surface area contributed by atoms with Crippen LogP contribution in [0, 0.1) is 0 Å². The third kappa shape index (κ3) is 4.78. The first-order valence-electron chi connectivity index (χ1n) is 9.18. The standard InChI is InChI=1S/C20H21F3N2O2S2/c1-3-24(18(27)16-5-4-12-28-16)10-11-25-17(26)13(2)29-19(25)14-6-8-15(9-7-14)20(21,22)23/h4-9,12-13,19H,3,10-11H2,1-2H3. The highest BCUT2D eigenvalue weighted by molar-refractivity contribution is 8.01. The van der Waals surface area contributed by atoms with Crippen LogP contribution in [-0.2, 0) is 11.0 Å². The number of halogens is 3. The van der Waals surface area contributed by atoms with E-state index in [0.29, 0.717) is 30.1 Å². The molecule has 2 unspecified atom stereocenters. The van der Waals surface area contributed by atoms with E-state index in [1.54, 1.807) is 22.8 Å². The number of amides is 2. The van der Waals surface area contributed by atoms with Crippen molar-refractivity contribution < 1.29 is 22.8 Å². The van der Waals surface area contributed by atoms with Gasteiger partial charge >= 0.3 is 6.18 Å². The van der Waals surface area contributed by atoms with Crippen LogP contribution in [-0.4, -0.2) is 46.5 Å². The summed E-state index contributed by atoms with van der Waals surface area (Å²) in [6.45, 7) is 4.86. The fourth-order valence-corrected chi connectivity index (χ4v) is 5.18. The van der Waals surface area contributed by atoms with Gasteiger partial charge in [0, 0.05) is 19.6 Å². The van der Waals surface area contributed by atoms with Gasteiger partial charge in [0.2, 0.25) is 5.91 Å². The summed E-state index contributed by atoms with van der Waals surface area (Å²) in [7, 11) is 0. The van der Waals surface area contributed by atoms with Gasteiger partial charge in [-0.15, -0.1) is 23.1 Å². The topological polar surface area (TPSA) is 40.6 Å². The summed E-state index contributed by atoms with van der Waals surface area (Å²) >= 11 is 2.77. The maximum Gasteiger partial charge on any atom is 0.416 e. The Morgan fingerprint density at radius 1 is 1.21 bits per heavy atom. The predicted octanol–water partition coefficient (Wildman–Crippen LogP) is 4.89. The molecule has 29 heavy (non-hydrogen) atoms. The van der Waals surface area contributed by atoms with Crippen LogP contribution in [0.4, 0.5) is 13.2 Å². The molecule has 2 amide bonds. The van der Waals surface area contributed by atoms with Gasteiger partial charge < -0.3 is 9.80 Å². The second kappa shape index (κ2) is 8.79. The van der Waals surface area contributed by atoms with Crippen LogP contribution in [0.1, 0.15) is 40.0 Å². The molecule has 1 aliphatic heterocycles. The van der Waals surface area contributed by atoms with Gasteiger partial charge in [-0.05, 0) is 43.0 Å². The summed E-state index contributed by atoms with van der Waals surface area (Å²) < 4.78 is 38.5. The molecule has 2 heterocycles. The SMILES string of the molecule is CCN(CCN1C(=O)C(C)SC1c1ccc(C(F)(F)F)cc1)C(=O)c1cccs1. The molecule has 4 nitrogen and oxygen atoms in total. The van der Waals surface area contributed by atoms with Crippen molar-refractivity contribution in [3.05, 3.63) is 57.8 Å². The van der Waals surface area contributed by atoms with Gasteiger partial charge in [-0.1, -0.05) is 18.2 Å². The van der Waals surface area contributed by atoms with Gasteiger partial charge in [0.15, 0.2) is 0 Å². The normalized spacial score (nSPS) is 19.6. The summed E-state index contributed by atoms with van der Waals surface area (Å²) in [4.78, 5) is 29.2. The lowest BCUT2D eigenvalue weighted by molar-refractivity contribution is -0.137.